The zero-order valence-electron chi connectivity index (χ0n) is 65.2. The fourth-order valence-electron chi connectivity index (χ4n) is 10.6. The number of anilines is 2. The zero-order valence-corrected chi connectivity index (χ0v) is 66.8. The van der Waals surface area contributed by atoms with E-state index in [-0.39, 0.29) is 47.3 Å². The first-order chi connectivity index (χ1) is 57.9. The molecule has 0 aliphatic heterocycles. The van der Waals surface area contributed by atoms with Gasteiger partial charge in [0.25, 0.3) is 11.5 Å². The number of rotatable bonds is 60. The number of carboxylic acids is 4. The van der Waals surface area contributed by atoms with Crippen LogP contribution in [0.1, 0.15) is 93.1 Å². The van der Waals surface area contributed by atoms with Crippen molar-refractivity contribution < 1.29 is 174 Å². The molecule has 55 heteroatoms. The van der Waals surface area contributed by atoms with E-state index in [1.165, 1.54) is 30.5 Å². The third kappa shape index (κ3) is 38.5. The minimum Gasteiger partial charge on any atom is -0.481 e. The van der Waals surface area contributed by atoms with E-state index in [1.807, 2.05) is 0 Å². The van der Waals surface area contributed by atoms with E-state index in [0.29, 0.717) is 5.69 Å². The van der Waals surface area contributed by atoms with E-state index in [2.05, 4.69) is 83.2 Å². The summed E-state index contributed by atoms with van der Waals surface area (Å²) in [5.41, 5.74) is 10.3. The molecule has 0 spiro atoms. The van der Waals surface area contributed by atoms with Crippen molar-refractivity contribution in [2.24, 2.45) is 5.73 Å². The molecule has 688 valence electrons. The Bertz CT molecular complexity index is 4090. The number of nitrogens with one attached hydrogen (secondary N) is 12. The maximum Gasteiger partial charge on any atom is 0.404 e. The molecule has 0 aliphatic carbocycles. The van der Waals surface area contributed by atoms with Crippen molar-refractivity contribution in [3.8, 4) is 0 Å². The number of H-pyrrole nitrogens is 1. The van der Waals surface area contributed by atoms with Crippen LogP contribution in [0.5, 0.6) is 0 Å². The second kappa shape index (κ2) is 54.5. The standard InChI is InChI=1S/C68H103N17O36S2/c69-67-84-57-50(64(115)85-67)76-30(20-75-57)19-71-29-3-1-28(2-4-29)58(109)82-36(65(116)117)8-14-47(98)77-31(5-11-44(95)72-21-38(89)51(103)54(106)41(92)24-86)59(110)80-34(9-15-48(99)100)61(112)78-32(6-12-45(96)73-22-39(90)52(104)55(107)42(93)25-87)60(111)81-35(10-16-49(101)102)62(113)79-33(7-13-46(97)74-23-40(91)53(105)56(108)43(94)26-88)63(114)83-37(66(118)119)27-123-122-18-17-121-68(70)120/h1-4,20,31-43,51-56,71,86-94,103-108H,5-19,21-27H2,(H2,70,120)(H,72,95)(H,73,96)(H,74,97)(H,77,98)(H,78,112)(H,79,113)(H,80,110)(H,81,111)(H,82,109)(H,83,114)(H,99,100)(H,101,102)(H,116,117)(H,118,119)(H3,69,75,84,85,115)/t31-,32-,33-,34+,35+,36+,37+,38-,39-,40-,41+,42+,43+,51+,52+,53+,54+,55+,56+/m0/s1. The molecule has 1 aromatic carbocycles. The molecular formula is C68H103N17O36S2. The molecule has 3 rings (SSSR count). The van der Waals surface area contributed by atoms with Gasteiger partial charge in [0.2, 0.25) is 59.1 Å². The van der Waals surface area contributed by atoms with Crippen LogP contribution < -0.4 is 75.5 Å². The topological polar surface area (TPSA) is 906 Å². The molecule has 2 aromatic heterocycles. The molecule has 53 nitrogen and oxygen atoms in total. The van der Waals surface area contributed by atoms with E-state index in [9.17, 15) is 169 Å². The molecule has 2 heterocycles. The van der Waals surface area contributed by atoms with Crippen LogP contribution in [0, 0.1) is 0 Å². The normalized spacial score (nSPS) is 16.0. The third-order valence-corrected chi connectivity index (χ3v) is 20.1. The lowest BCUT2D eigenvalue weighted by atomic mass is 10.0. The number of nitrogens with zero attached hydrogens (tertiary/aromatic N) is 3. The lowest BCUT2D eigenvalue weighted by Crippen LogP contribution is -2.60. The number of nitrogens with two attached hydrogens (primary N) is 2. The van der Waals surface area contributed by atoms with Crippen molar-refractivity contribution in [2.45, 2.75) is 199 Å². The van der Waals surface area contributed by atoms with Crippen LogP contribution in [-0.2, 0) is 73.6 Å². The number of carbonyl (C=O) groups is 15. The van der Waals surface area contributed by atoms with E-state index >= 15 is 0 Å². The number of aromatic nitrogens is 4. The maximum absolute atomic E-state index is 14.7. The highest BCUT2D eigenvalue weighted by molar-refractivity contribution is 8.76. The molecule has 35 N–H and O–H groups in total. The number of carbonyl (C=O) groups excluding carboxylic acids is 11. The highest BCUT2D eigenvalue weighted by Gasteiger charge is 2.38. The Balaban J connectivity index is 2.09. The zero-order chi connectivity index (χ0) is 92.5. The van der Waals surface area contributed by atoms with Crippen LogP contribution in [0.3, 0.4) is 0 Å². The van der Waals surface area contributed by atoms with E-state index in [1.54, 1.807) is 0 Å². The number of fused-ring (bicyclic) bond motifs is 1. The summed E-state index contributed by atoms with van der Waals surface area (Å²) in [6.07, 6.45) is -36.4. The Hall–Kier alpha value is -11.0. The average Bonchev–Trinajstić information content (AvgIpc) is 0.810. The number of hydrogen-bond acceptors (Lipinski definition) is 39. The molecule has 0 saturated heterocycles. The maximum atomic E-state index is 14.7. The van der Waals surface area contributed by atoms with Crippen LogP contribution in [0.4, 0.5) is 16.4 Å². The summed E-state index contributed by atoms with van der Waals surface area (Å²) in [5.74, 6) is -20.6. The summed E-state index contributed by atoms with van der Waals surface area (Å²) in [6, 6.07) is -9.25. The summed E-state index contributed by atoms with van der Waals surface area (Å²) >= 11 is 0. The summed E-state index contributed by atoms with van der Waals surface area (Å²) in [7, 11) is 1.75. The summed E-state index contributed by atoms with van der Waals surface area (Å²) in [6.45, 7) is -6.31. The molecule has 0 saturated carbocycles. The van der Waals surface area contributed by atoms with Crippen LogP contribution in [-0.4, -0.2) is 379 Å². The van der Waals surface area contributed by atoms with Gasteiger partial charge in [-0.15, -0.1) is 0 Å². The number of nitrogen functional groups attached to an aromatic ring is 1. The number of ether oxygens (including phenoxy) is 1. The van der Waals surface area contributed by atoms with E-state index < -0.39 is 332 Å². The predicted molar refractivity (Wildman–Crippen MR) is 418 cm³/mol. The minimum atomic E-state index is -2.28. The van der Waals surface area contributed by atoms with Gasteiger partial charge in [0, 0.05) is 80.9 Å². The molecule has 11 amide bonds. The Labute approximate surface area is 703 Å². The summed E-state index contributed by atoms with van der Waals surface area (Å²) < 4.78 is 4.61. The molecule has 19 atom stereocenters. The Morgan fingerprint density at radius 3 is 1.17 bits per heavy atom. The molecule has 0 bridgehead atoms. The second-order valence-electron chi connectivity index (χ2n) is 27.1. The molecule has 0 radical (unpaired) electrons. The Kier molecular flexibility index (Phi) is 47.0. The third-order valence-electron chi connectivity index (χ3n) is 17.7. The number of hydrogen-bond donors (Lipinski definition) is 33. The smallest absolute Gasteiger partial charge is 0.404 e. The Morgan fingerprint density at radius 2 is 0.797 bits per heavy atom. The van der Waals surface area contributed by atoms with Gasteiger partial charge in [-0.2, -0.15) is 4.98 Å². The van der Waals surface area contributed by atoms with E-state index in [0.717, 1.165) is 21.6 Å². The first kappa shape index (κ1) is 106. The van der Waals surface area contributed by atoms with Gasteiger partial charge < -0.3 is 172 Å². The van der Waals surface area contributed by atoms with Gasteiger partial charge in [-0.3, -0.25) is 67.3 Å². The number of aliphatic hydroxyl groups excluding tert-OH is 15. The van der Waals surface area contributed by atoms with E-state index in [4.69, 9.17) is 16.6 Å². The average molecular weight is 1800 g/mol. The first-order valence-corrected chi connectivity index (χ1v) is 39.7. The van der Waals surface area contributed by atoms with Crippen LogP contribution in [0.15, 0.2) is 35.3 Å². The highest BCUT2D eigenvalue weighted by atomic mass is 33.1. The molecule has 3 aromatic rings. The number of carboxylic acid groups (broad SMARTS) is 4. The minimum absolute atomic E-state index is 0.00470. The van der Waals surface area contributed by atoms with Crippen molar-refractivity contribution >= 4 is 133 Å². The largest absolute Gasteiger partial charge is 0.481 e. The van der Waals surface area contributed by atoms with Crippen molar-refractivity contribution in [3.63, 3.8) is 0 Å². The fraction of sp³-hybridized carbons (Fsp3) is 0.603. The van der Waals surface area contributed by atoms with Crippen molar-refractivity contribution in [1.82, 2.24) is 73.1 Å². The summed E-state index contributed by atoms with van der Waals surface area (Å²) in [5, 5.41) is 214. The monoisotopic (exact) mass is 1800 g/mol. The number of amides is 11. The molecule has 123 heavy (non-hydrogen) atoms. The molecular weight excluding hydrogens is 1690 g/mol. The lowest BCUT2D eigenvalue weighted by Gasteiger charge is -2.28. The van der Waals surface area contributed by atoms with Gasteiger partial charge in [-0.25, -0.2) is 24.4 Å². The van der Waals surface area contributed by atoms with Gasteiger partial charge in [-0.1, -0.05) is 21.6 Å². The quantitative estimate of drug-likeness (QED) is 0.0184. The van der Waals surface area contributed by atoms with Crippen molar-refractivity contribution in [3.05, 3.63) is 52.1 Å². The SMILES string of the molecule is NC(=O)OCCSSC[C@@H](NC(=O)[C@H](CCC(=O)NC[C@H](O)[C@@H](O)[C@H](O)[C@H](O)CO)NC(=O)[C@@H](CCC(=O)O)NC(=O)[C@H](CCC(=O)NC[C@H](O)[C@@H](O)[C@H](O)[C@H](O)CO)NC(=O)[C@@H](CCC(=O)O)NC(=O)[C@H](CCC(=O)NC[C@H](O)[C@@H](O)[C@H](O)[C@H](O)CO)NC(=O)CC[C@@H](NC(=O)c1ccc(NCc2cnc3nc(N)[nH]c(=O)c3n2)cc1)C(=O)O)C(=O)O. The number of primary amides is 1. The Morgan fingerprint density at radius 1 is 0.439 bits per heavy atom. The fourth-order valence-corrected chi connectivity index (χ4v) is 12.6. The second-order valence-corrected chi connectivity index (χ2v) is 29.8. The van der Waals surface area contributed by atoms with Crippen molar-refractivity contribution in [1.29, 1.82) is 0 Å². The number of aromatic amines is 1. The number of benzene rings is 1. The van der Waals surface area contributed by atoms with Crippen LogP contribution in [0.2, 0.25) is 0 Å². The van der Waals surface area contributed by atoms with Crippen LogP contribution in [0.25, 0.3) is 11.2 Å². The number of aliphatic hydroxyl groups is 15. The predicted octanol–water partition coefficient (Wildman–Crippen LogP) is -13.9. The van der Waals surface area contributed by atoms with Gasteiger partial charge in [-0.05, 0) is 62.8 Å². The summed E-state index contributed by atoms with van der Waals surface area (Å²) in [4.78, 5) is 227. The van der Waals surface area contributed by atoms with Crippen molar-refractivity contribution in [2.75, 3.05) is 68.6 Å². The highest BCUT2D eigenvalue weighted by Crippen LogP contribution is 2.23. The van der Waals surface area contributed by atoms with Crippen LogP contribution >= 0.6 is 21.6 Å². The van der Waals surface area contributed by atoms with Gasteiger partial charge >= 0.3 is 30.0 Å². The first-order valence-electron chi connectivity index (χ1n) is 37.2. The molecule has 0 fully saturated rings. The van der Waals surface area contributed by atoms with Gasteiger partial charge in [0.1, 0.15) is 104 Å². The molecule has 0 aliphatic rings. The number of aliphatic carboxylic acids is 4. The van der Waals surface area contributed by atoms with Gasteiger partial charge in [0.15, 0.2) is 11.2 Å². The molecule has 0 unspecified atom stereocenters. The lowest BCUT2D eigenvalue weighted by molar-refractivity contribution is -0.142. The van der Waals surface area contributed by atoms with Gasteiger partial charge in [0.05, 0.1) is 56.6 Å².